The lowest BCUT2D eigenvalue weighted by Gasteiger charge is -2.05. The van der Waals surface area contributed by atoms with Crippen LogP contribution >= 0.6 is 0 Å². The van der Waals surface area contributed by atoms with E-state index in [2.05, 4.69) is 24.0 Å². The molecule has 0 aliphatic rings. The summed E-state index contributed by atoms with van der Waals surface area (Å²) in [4.78, 5) is 0. The lowest BCUT2D eigenvalue weighted by atomic mass is 10.2. The number of imidazole rings is 1. The van der Waals surface area contributed by atoms with Gasteiger partial charge in [0.25, 0.3) is 0 Å². The molecule has 6 heteroatoms. The van der Waals surface area contributed by atoms with Crippen molar-refractivity contribution >= 4 is 10.1 Å². The Kier molecular flexibility index (Phi) is 5.72. The number of aromatic nitrogens is 2. The van der Waals surface area contributed by atoms with E-state index in [9.17, 15) is 13.0 Å². The SMILES string of the molecule is CCn1cc[n+](C)c1.O=S(=O)([O-])Cc1ccccc1. The molecule has 104 valence electrons. The molecule has 2 rings (SSSR count). The summed E-state index contributed by atoms with van der Waals surface area (Å²) in [5.74, 6) is -0.423. The Morgan fingerprint density at radius 2 is 1.89 bits per heavy atom. The molecule has 19 heavy (non-hydrogen) atoms. The highest BCUT2D eigenvalue weighted by Gasteiger charge is 1.96. The Hall–Kier alpha value is -1.66. The largest absolute Gasteiger partial charge is 0.748 e. The first-order valence-electron chi connectivity index (χ1n) is 5.89. The van der Waals surface area contributed by atoms with Crippen molar-refractivity contribution in [2.45, 2.75) is 19.2 Å². The zero-order chi connectivity index (χ0) is 14.3. The Morgan fingerprint density at radius 3 is 2.26 bits per heavy atom. The number of hydrogen-bond donors (Lipinski definition) is 0. The topological polar surface area (TPSA) is 66.0 Å². The molecule has 0 radical (unpaired) electrons. The van der Waals surface area contributed by atoms with Crippen LogP contribution in [0.4, 0.5) is 0 Å². The molecular weight excluding hydrogens is 264 g/mol. The number of benzene rings is 1. The van der Waals surface area contributed by atoms with Crippen LogP contribution in [0.2, 0.25) is 0 Å². The maximum atomic E-state index is 10.2. The van der Waals surface area contributed by atoms with Crippen LogP contribution in [0.5, 0.6) is 0 Å². The van der Waals surface area contributed by atoms with Gasteiger partial charge in [0.05, 0.1) is 29.5 Å². The van der Waals surface area contributed by atoms with Crippen molar-refractivity contribution in [3.05, 3.63) is 54.6 Å². The maximum absolute atomic E-state index is 10.2. The van der Waals surface area contributed by atoms with Crippen LogP contribution in [0, 0.1) is 0 Å². The standard InChI is InChI=1S/C7H8O3S.C6H11N2/c8-11(9,10)6-7-4-2-1-3-5-7;1-3-8-5-4-7(2)6-8/h1-5H,6H2,(H,8,9,10);4-6H,3H2,1-2H3/q;+1/p-1. The number of aryl methyl sites for hydroxylation is 2. The van der Waals surface area contributed by atoms with Crippen molar-refractivity contribution < 1.29 is 17.5 Å². The zero-order valence-corrected chi connectivity index (χ0v) is 11.9. The van der Waals surface area contributed by atoms with E-state index in [1.807, 2.05) is 17.8 Å². The van der Waals surface area contributed by atoms with Crippen LogP contribution in [-0.4, -0.2) is 17.5 Å². The Bertz CT molecular complexity index is 591. The molecule has 1 aromatic carbocycles. The van der Waals surface area contributed by atoms with Crippen LogP contribution in [0.3, 0.4) is 0 Å². The predicted octanol–water partition coefficient (Wildman–Crippen LogP) is 1.06. The van der Waals surface area contributed by atoms with Crippen molar-refractivity contribution in [2.75, 3.05) is 0 Å². The summed E-state index contributed by atoms with van der Waals surface area (Å²) in [6.07, 6.45) is 6.14. The smallest absolute Gasteiger partial charge is 0.243 e. The minimum Gasteiger partial charge on any atom is -0.748 e. The van der Waals surface area contributed by atoms with Gasteiger partial charge in [-0.1, -0.05) is 30.3 Å². The van der Waals surface area contributed by atoms with Gasteiger partial charge in [-0.15, -0.1) is 0 Å². The van der Waals surface area contributed by atoms with Crippen LogP contribution in [0.15, 0.2) is 49.1 Å². The molecule has 0 bridgehead atoms. The van der Waals surface area contributed by atoms with Gasteiger partial charge < -0.3 is 4.55 Å². The first kappa shape index (κ1) is 15.4. The van der Waals surface area contributed by atoms with E-state index < -0.39 is 15.9 Å². The van der Waals surface area contributed by atoms with Crippen molar-refractivity contribution in [2.24, 2.45) is 7.05 Å². The number of rotatable bonds is 3. The van der Waals surface area contributed by atoms with E-state index in [4.69, 9.17) is 0 Å². The van der Waals surface area contributed by atoms with E-state index in [0.717, 1.165) is 6.54 Å². The van der Waals surface area contributed by atoms with Crippen LogP contribution in [-0.2, 0) is 29.5 Å². The highest BCUT2D eigenvalue weighted by Crippen LogP contribution is 2.02. The van der Waals surface area contributed by atoms with E-state index in [1.165, 1.54) is 0 Å². The molecule has 0 amide bonds. The van der Waals surface area contributed by atoms with Gasteiger partial charge in [0.15, 0.2) is 0 Å². The quantitative estimate of drug-likeness (QED) is 0.624. The third kappa shape index (κ3) is 6.73. The molecule has 0 fully saturated rings. The zero-order valence-electron chi connectivity index (χ0n) is 11.1. The third-order valence-corrected chi connectivity index (χ3v) is 3.06. The molecule has 0 saturated heterocycles. The van der Waals surface area contributed by atoms with Crippen molar-refractivity contribution in [3.63, 3.8) is 0 Å². The maximum Gasteiger partial charge on any atom is 0.243 e. The van der Waals surface area contributed by atoms with E-state index in [-0.39, 0.29) is 0 Å². The van der Waals surface area contributed by atoms with Gasteiger partial charge in [-0.25, -0.2) is 17.6 Å². The fraction of sp³-hybridized carbons (Fsp3) is 0.308. The molecule has 5 nitrogen and oxygen atoms in total. The van der Waals surface area contributed by atoms with E-state index in [1.54, 1.807) is 30.3 Å². The fourth-order valence-corrected chi connectivity index (χ4v) is 2.07. The second-order valence-electron chi connectivity index (χ2n) is 4.10. The second kappa shape index (κ2) is 7.06. The van der Waals surface area contributed by atoms with E-state index in [0.29, 0.717) is 5.56 Å². The molecule has 0 spiro atoms. The average Bonchev–Trinajstić information content (AvgIpc) is 2.75. The molecule has 0 unspecified atom stereocenters. The molecule has 0 aliphatic carbocycles. The van der Waals surface area contributed by atoms with Gasteiger partial charge in [0.1, 0.15) is 12.4 Å². The normalized spacial score (nSPS) is 10.7. The van der Waals surface area contributed by atoms with Gasteiger partial charge >= 0.3 is 0 Å². The van der Waals surface area contributed by atoms with Crippen molar-refractivity contribution in [1.29, 1.82) is 0 Å². The summed E-state index contributed by atoms with van der Waals surface area (Å²) in [7, 11) is -2.11. The van der Waals surface area contributed by atoms with Crippen LogP contribution in [0.1, 0.15) is 12.5 Å². The lowest BCUT2D eigenvalue weighted by molar-refractivity contribution is -0.671. The summed E-state index contributed by atoms with van der Waals surface area (Å²) in [5.41, 5.74) is 0.530. The van der Waals surface area contributed by atoms with Gasteiger partial charge in [-0.3, -0.25) is 0 Å². The second-order valence-corrected chi connectivity index (χ2v) is 5.50. The summed E-state index contributed by atoms with van der Waals surface area (Å²) >= 11 is 0. The predicted molar refractivity (Wildman–Crippen MR) is 71.1 cm³/mol. The molecule has 1 aromatic heterocycles. The van der Waals surface area contributed by atoms with Crippen LogP contribution < -0.4 is 4.57 Å². The third-order valence-electron chi connectivity index (χ3n) is 2.38. The van der Waals surface area contributed by atoms with E-state index >= 15 is 0 Å². The Balaban J connectivity index is 0.000000200. The first-order valence-corrected chi connectivity index (χ1v) is 7.47. The highest BCUT2D eigenvalue weighted by atomic mass is 32.2. The molecule has 0 aliphatic heterocycles. The molecule has 2 aromatic rings. The van der Waals surface area contributed by atoms with Gasteiger partial charge in [-0.2, -0.15) is 0 Å². The first-order chi connectivity index (χ1) is 8.90. The van der Waals surface area contributed by atoms with Crippen molar-refractivity contribution in [1.82, 2.24) is 4.57 Å². The summed E-state index contributed by atoms with van der Waals surface area (Å²) in [5, 5.41) is 0. The molecule has 0 N–H and O–H groups in total. The van der Waals surface area contributed by atoms with Gasteiger partial charge in [0.2, 0.25) is 6.33 Å². The van der Waals surface area contributed by atoms with Crippen LogP contribution in [0.25, 0.3) is 0 Å². The number of nitrogens with zero attached hydrogens (tertiary/aromatic N) is 2. The lowest BCUT2D eigenvalue weighted by Crippen LogP contribution is -2.23. The minimum absolute atomic E-state index is 0.423. The average molecular weight is 282 g/mol. The Labute approximate surface area is 113 Å². The van der Waals surface area contributed by atoms with Gasteiger partial charge in [-0.05, 0) is 12.5 Å². The molecule has 1 heterocycles. The van der Waals surface area contributed by atoms with Gasteiger partial charge in [0, 0.05) is 0 Å². The summed E-state index contributed by atoms with van der Waals surface area (Å²) < 4.78 is 34.9. The summed E-state index contributed by atoms with van der Waals surface area (Å²) in [6.45, 7) is 3.18. The molecular formula is C13H18N2O3S. The fourth-order valence-electron chi connectivity index (χ4n) is 1.47. The molecule has 0 saturated carbocycles. The molecule has 0 atom stereocenters. The number of hydrogen-bond acceptors (Lipinski definition) is 3. The summed E-state index contributed by atoms with van der Waals surface area (Å²) in [6, 6.07) is 8.37. The minimum atomic E-state index is -4.13. The van der Waals surface area contributed by atoms with Crippen molar-refractivity contribution in [3.8, 4) is 0 Å². The monoisotopic (exact) mass is 282 g/mol. The highest BCUT2D eigenvalue weighted by molar-refractivity contribution is 7.84. The Morgan fingerprint density at radius 1 is 1.26 bits per heavy atom.